The Morgan fingerprint density at radius 3 is 2.60 bits per heavy atom. The number of amides is 1. The maximum absolute atomic E-state index is 12.8. The van der Waals surface area contributed by atoms with Gasteiger partial charge in [0.05, 0.1) is 6.42 Å². The lowest BCUT2D eigenvalue weighted by Gasteiger charge is -2.08. The molecular weight excluding hydrogens is 321 g/mol. The first-order chi connectivity index (χ1) is 12.1. The lowest BCUT2D eigenvalue weighted by Crippen LogP contribution is -2.39. The van der Waals surface area contributed by atoms with Crippen LogP contribution in [0.2, 0.25) is 0 Å². The molecule has 1 amide bonds. The van der Waals surface area contributed by atoms with Gasteiger partial charge in [0, 0.05) is 37.9 Å². The van der Waals surface area contributed by atoms with Crippen LogP contribution in [-0.2, 0) is 17.6 Å². The second kappa shape index (κ2) is 10.0. The monoisotopic (exact) mass is 343 g/mol. The van der Waals surface area contributed by atoms with Gasteiger partial charge < -0.3 is 16.4 Å². The molecular formula is C18H22FN5O. The lowest BCUT2D eigenvalue weighted by atomic mass is 10.1. The summed E-state index contributed by atoms with van der Waals surface area (Å²) in [7, 11) is 0. The summed E-state index contributed by atoms with van der Waals surface area (Å²) in [5, 5.41) is 5.71. The number of hydrogen-bond acceptors (Lipinski definition) is 3. The molecule has 0 bridgehead atoms. The number of nitrogens with one attached hydrogen (secondary N) is 2. The second-order valence-corrected chi connectivity index (χ2v) is 5.42. The number of pyridine rings is 1. The van der Waals surface area contributed by atoms with Crippen molar-refractivity contribution in [2.45, 2.75) is 12.8 Å². The predicted molar refractivity (Wildman–Crippen MR) is 95.5 cm³/mol. The number of nitrogens with two attached hydrogens (primary N) is 1. The topological polar surface area (TPSA) is 92.4 Å². The van der Waals surface area contributed by atoms with Crippen LogP contribution in [0.25, 0.3) is 0 Å². The van der Waals surface area contributed by atoms with Crippen molar-refractivity contribution < 1.29 is 9.18 Å². The Morgan fingerprint density at radius 2 is 1.88 bits per heavy atom. The molecule has 0 aliphatic carbocycles. The quantitative estimate of drug-likeness (QED) is 0.379. The van der Waals surface area contributed by atoms with Crippen molar-refractivity contribution in [3.8, 4) is 0 Å². The first-order valence-corrected chi connectivity index (χ1v) is 8.08. The van der Waals surface area contributed by atoms with E-state index in [4.69, 9.17) is 5.73 Å². The summed E-state index contributed by atoms with van der Waals surface area (Å²) in [6.45, 7) is 1.46. The van der Waals surface area contributed by atoms with Crippen LogP contribution in [0.3, 0.4) is 0 Å². The minimum atomic E-state index is -0.314. The summed E-state index contributed by atoms with van der Waals surface area (Å²) in [5.41, 5.74) is 7.49. The number of carbonyl (C=O) groups excluding carboxylic acids is 1. The minimum absolute atomic E-state index is 0.126. The van der Waals surface area contributed by atoms with Gasteiger partial charge in [0.25, 0.3) is 0 Å². The van der Waals surface area contributed by atoms with Gasteiger partial charge in [0.1, 0.15) is 5.82 Å². The highest BCUT2D eigenvalue weighted by Crippen LogP contribution is 2.03. The second-order valence-electron chi connectivity index (χ2n) is 5.42. The first kappa shape index (κ1) is 18.4. The van der Waals surface area contributed by atoms with Crippen molar-refractivity contribution in [3.05, 3.63) is 65.7 Å². The molecule has 6 nitrogen and oxygen atoms in total. The van der Waals surface area contributed by atoms with Crippen LogP contribution in [0, 0.1) is 5.82 Å². The number of rotatable bonds is 8. The molecule has 0 saturated carbocycles. The summed E-state index contributed by atoms with van der Waals surface area (Å²) in [6.07, 6.45) is 2.68. The molecule has 0 aliphatic heterocycles. The van der Waals surface area contributed by atoms with Crippen LogP contribution in [-0.4, -0.2) is 36.5 Å². The van der Waals surface area contributed by atoms with Crippen molar-refractivity contribution in [1.29, 1.82) is 0 Å². The predicted octanol–water partition coefficient (Wildman–Crippen LogP) is 1.03. The van der Waals surface area contributed by atoms with E-state index in [2.05, 4.69) is 20.6 Å². The standard InChI is InChI=1S/C18H22FN5O/c19-15-6-4-14(5-7-15)13-17(25)22-11-12-24-18(20)23-10-8-16-3-1-2-9-21-16/h1-7,9H,8,10-13H2,(H,22,25)(H3,20,23,24). The zero-order chi connectivity index (χ0) is 17.9. The third-order valence-electron chi connectivity index (χ3n) is 3.41. The molecule has 25 heavy (non-hydrogen) atoms. The smallest absolute Gasteiger partial charge is 0.224 e. The van der Waals surface area contributed by atoms with Crippen LogP contribution in [0.15, 0.2) is 53.7 Å². The molecule has 2 aromatic rings. The lowest BCUT2D eigenvalue weighted by molar-refractivity contribution is -0.120. The van der Waals surface area contributed by atoms with Gasteiger partial charge in [-0.15, -0.1) is 0 Å². The van der Waals surface area contributed by atoms with E-state index < -0.39 is 0 Å². The highest BCUT2D eigenvalue weighted by molar-refractivity contribution is 5.79. The molecule has 1 aromatic heterocycles. The molecule has 7 heteroatoms. The molecule has 4 N–H and O–H groups in total. The molecule has 0 spiro atoms. The zero-order valence-electron chi connectivity index (χ0n) is 13.9. The van der Waals surface area contributed by atoms with Gasteiger partial charge in [-0.1, -0.05) is 18.2 Å². The van der Waals surface area contributed by atoms with Gasteiger partial charge in [0.2, 0.25) is 5.91 Å². The summed E-state index contributed by atoms with van der Waals surface area (Å²) < 4.78 is 12.8. The SMILES string of the molecule is NC(=NCCc1ccccn1)NCCNC(=O)Cc1ccc(F)cc1. The molecule has 0 aliphatic rings. The first-order valence-electron chi connectivity index (χ1n) is 8.08. The van der Waals surface area contributed by atoms with Crippen LogP contribution in [0.5, 0.6) is 0 Å². The van der Waals surface area contributed by atoms with E-state index in [0.717, 1.165) is 17.7 Å². The fourth-order valence-electron chi connectivity index (χ4n) is 2.14. The number of guanidine groups is 1. The molecule has 0 radical (unpaired) electrons. The van der Waals surface area contributed by atoms with E-state index in [9.17, 15) is 9.18 Å². The van der Waals surface area contributed by atoms with Gasteiger partial charge >= 0.3 is 0 Å². The Hall–Kier alpha value is -2.96. The molecule has 132 valence electrons. The Morgan fingerprint density at radius 1 is 1.12 bits per heavy atom. The number of hydrogen-bond donors (Lipinski definition) is 3. The Balaban J connectivity index is 1.59. The van der Waals surface area contributed by atoms with Gasteiger partial charge in [-0.2, -0.15) is 0 Å². The highest BCUT2D eigenvalue weighted by atomic mass is 19.1. The van der Waals surface area contributed by atoms with Gasteiger partial charge in [-0.05, 0) is 29.8 Å². The molecule has 1 heterocycles. The minimum Gasteiger partial charge on any atom is -0.370 e. The van der Waals surface area contributed by atoms with E-state index in [-0.39, 0.29) is 18.1 Å². The van der Waals surface area contributed by atoms with Gasteiger partial charge in [0.15, 0.2) is 5.96 Å². The summed E-state index contributed by atoms with van der Waals surface area (Å²) >= 11 is 0. The van der Waals surface area contributed by atoms with Crippen LogP contribution in [0.1, 0.15) is 11.3 Å². The van der Waals surface area contributed by atoms with Crippen molar-refractivity contribution in [2.24, 2.45) is 10.7 Å². The van der Waals surface area contributed by atoms with E-state index in [1.165, 1.54) is 12.1 Å². The molecule has 0 unspecified atom stereocenters. The fraction of sp³-hybridized carbons (Fsp3) is 0.278. The summed E-state index contributed by atoms with van der Waals surface area (Å²) in [5.74, 6) is -0.103. The Kier molecular flexibility index (Phi) is 7.37. The van der Waals surface area contributed by atoms with E-state index >= 15 is 0 Å². The number of aliphatic imine (C=N–C) groups is 1. The molecule has 0 fully saturated rings. The third-order valence-corrected chi connectivity index (χ3v) is 3.41. The van der Waals surface area contributed by atoms with Crippen LogP contribution >= 0.6 is 0 Å². The average molecular weight is 343 g/mol. The Labute approximate surface area is 146 Å². The summed E-state index contributed by atoms with van der Waals surface area (Å²) in [6, 6.07) is 11.6. The maximum Gasteiger partial charge on any atom is 0.224 e. The van der Waals surface area contributed by atoms with Gasteiger partial charge in [-0.25, -0.2) is 4.39 Å². The van der Waals surface area contributed by atoms with Crippen LogP contribution < -0.4 is 16.4 Å². The van der Waals surface area contributed by atoms with Crippen molar-refractivity contribution in [1.82, 2.24) is 15.6 Å². The largest absolute Gasteiger partial charge is 0.370 e. The number of benzene rings is 1. The number of halogens is 1. The number of nitrogens with zero attached hydrogens (tertiary/aromatic N) is 2. The summed E-state index contributed by atoms with van der Waals surface area (Å²) in [4.78, 5) is 20.2. The average Bonchev–Trinajstić information content (AvgIpc) is 2.62. The highest BCUT2D eigenvalue weighted by Gasteiger charge is 2.03. The van der Waals surface area contributed by atoms with Gasteiger partial charge in [-0.3, -0.25) is 14.8 Å². The third kappa shape index (κ3) is 7.43. The van der Waals surface area contributed by atoms with Crippen molar-refractivity contribution in [2.75, 3.05) is 19.6 Å². The zero-order valence-corrected chi connectivity index (χ0v) is 13.9. The van der Waals surface area contributed by atoms with E-state index in [1.807, 2.05) is 18.2 Å². The van der Waals surface area contributed by atoms with E-state index in [1.54, 1.807) is 18.3 Å². The Bertz CT molecular complexity index is 688. The van der Waals surface area contributed by atoms with Crippen molar-refractivity contribution in [3.63, 3.8) is 0 Å². The maximum atomic E-state index is 12.8. The normalized spacial score (nSPS) is 11.2. The number of aromatic nitrogens is 1. The number of carbonyl (C=O) groups is 1. The molecule has 0 saturated heterocycles. The molecule has 0 atom stereocenters. The molecule has 2 rings (SSSR count). The van der Waals surface area contributed by atoms with Crippen molar-refractivity contribution >= 4 is 11.9 Å². The van der Waals surface area contributed by atoms with E-state index in [0.29, 0.717) is 25.6 Å². The molecule has 1 aromatic carbocycles. The fourth-order valence-corrected chi connectivity index (χ4v) is 2.14. The van der Waals surface area contributed by atoms with Crippen LogP contribution in [0.4, 0.5) is 4.39 Å².